The zero-order valence-electron chi connectivity index (χ0n) is 18.7. The fraction of sp³-hybridized carbons (Fsp3) is 0.542. The minimum atomic E-state index is -3.18. The van der Waals surface area contributed by atoms with Crippen molar-refractivity contribution in [3.8, 4) is 0 Å². The maximum atomic E-state index is 15.2. The van der Waals surface area contributed by atoms with Gasteiger partial charge in [0.2, 0.25) is 0 Å². The van der Waals surface area contributed by atoms with Crippen LogP contribution in [-0.2, 0) is 11.2 Å². The lowest BCUT2D eigenvalue weighted by molar-refractivity contribution is -0.0273. The highest BCUT2D eigenvalue weighted by atomic mass is 19.3. The largest absolute Gasteiger partial charge is 0.488 e. The number of nitrogens with one attached hydrogen (secondary N) is 1. The van der Waals surface area contributed by atoms with E-state index in [2.05, 4.69) is 20.6 Å². The number of aryl methyl sites for hydroxylation is 2. The fourth-order valence-electron chi connectivity index (χ4n) is 4.80. The third kappa shape index (κ3) is 4.99. The van der Waals surface area contributed by atoms with E-state index in [4.69, 9.17) is 4.74 Å². The second-order valence-electron chi connectivity index (χ2n) is 9.05. The number of rotatable bonds is 8. The maximum Gasteiger partial charge on any atom is 0.310 e. The molecule has 3 N–H and O–H groups in total. The molecule has 0 unspecified atom stereocenters. The van der Waals surface area contributed by atoms with Crippen LogP contribution in [0.5, 0.6) is 0 Å². The number of benzene rings is 1. The molecule has 1 saturated carbocycles. The third-order valence-corrected chi connectivity index (χ3v) is 6.69. The first-order valence-corrected chi connectivity index (χ1v) is 11.4. The molecule has 2 aliphatic rings. The van der Waals surface area contributed by atoms with Crippen molar-refractivity contribution < 1.29 is 23.7 Å². The van der Waals surface area contributed by atoms with Gasteiger partial charge in [-0.1, -0.05) is 54.1 Å². The fourth-order valence-corrected chi connectivity index (χ4v) is 4.80. The zero-order chi connectivity index (χ0) is 23.6. The van der Waals surface area contributed by atoms with Crippen molar-refractivity contribution in [2.24, 2.45) is 11.8 Å². The van der Waals surface area contributed by atoms with Gasteiger partial charge in [-0.2, -0.15) is 14.0 Å². The first kappa shape index (κ1) is 23.5. The Labute approximate surface area is 191 Å². The predicted octanol–water partition coefficient (Wildman–Crippen LogP) is 3.47. The van der Waals surface area contributed by atoms with Crippen molar-refractivity contribution >= 4 is 0 Å². The summed E-state index contributed by atoms with van der Waals surface area (Å²) in [5.41, 5.74) is 2.06. The summed E-state index contributed by atoms with van der Waals surface area (Å²) in [6.07, 6.45) is 3.62. The molecule has 2 aromatic rings. The average Bonchev–Trinajstić information content (AvgIpc) is 3.46. The molecular weight excluding hydrogens is 430 g/mol. The van der Waals surface area contributed by atoms with Crippen LogP contribution in [0.25, 0.3) is 0 Å². The number of hydrogen-bond donors (Lipinski definition) is 3. The number of unbranched alkanes of at least 4 members (excludes halogenated alkanes) is 1. The summed E-state index contributed by atoms with van der Waals surface area (Å²) in [7, 11) is 0. The van der Waals surface area contributed by atoms with Crippen LogP contribution in [0, 0.1) is 18.8 Å². The van der Waals surface area contributed by atoms with Crippen molar-refractivity contribution in [1.82, 2.24) is 20.6 Å². The lowest BCUT2D eigenvalue weighted by Crippen LogP contribution is -2.33. The molecule has 7 nitrogen and oxygen atoms in total. The molecule has 0 radical (unpaired) electrons. The molecule has 4 rings (SSSR count). The van der Waals surface area contributed by atoms with Gasteiger partial charge in [-0.25, -0.2) is 0 Å². The lowest BCUT2D eigenvalue weighted by atomic mass is 9.86. The Morgan fingerprint density at radius 1 is 1.36 bits per heavy atom. The van der Waals surface area contributed by atoms with E-state index in [1.807, 2.05) is 38.1 Å². The molecule has 1 aliphatic heterocycles. The van der Waals surface area contributed by atoms with Crippen molar-refractivity contribution in [2.45, 2.75) is 69.7 Å². The quantitative estimate of drug-likeness (QED) is 0.412. The Kier molecular flexibility index (Phi) is 6.90. The summed E-state index contributed by atoms with van der Waals surface area (Å²) < 4.78 is 36.1. The smallest absolute Gasteiger partial charge is 0.310 e. The molecule has 1 aromatic carbocycles. The van der Waals surface area contributed by atoms with Gasteiger partial charge in [-0.05, 0) is 31.4 Å². The number of aliphatic hydroxyl groups excluding tert-OH is 2. The minimum Gasteiger partial charge on any atom is -0.488 e. The van der Waals surface area contributed by atoms with E-state index in [-0.39, 0.29) is 18.1 Å². The molecule has 0 spiro atoms. The van der Waals surface area contributed by atoms with Crippen molar-refractivity contribution in [3.63, 3.8) is 0 Å². The maximum absolute atomic E-state index is 15.2. The first-order chi connectivity index (χ1) is 15.8. The van der Waals surface area contributed by atoms with Crippen molar-refractivity contribution in [3.05, 3.63) is 65.2 Å². The number of fused-ring (bicyclic) bond motifs is 1. The molecule has 0 amide bonds. The van der Waals surface area contributed by atoms with E-state index in [0.29, 0.717) is 25.1 Å². The van der Waals surface area contributed by atoms with Crippen LogP contribution in [0.15, 0.2) is 48.3 Å². The zero-order valence-corrected chi connectivity index (χ0v) is 18.7. The molecule has 33 heavy (non-hydrogen) atoms. The van der Waals surface area contributed by atoms with Crippen molar-refractivity contribution in [2.75, 3.05) is 0 Å². The lowest BCUT2D eigenvalue weighted by Gasteiger charge is -2.23. The number of allylic oxidation sites excluding steroid dienone is 2. The van der Waals surface area contributed by atoms with E-state index in [1.165, 1.54) is 12.2 Å². The molecule has 1 aliphatic carbocycles. The highest BCUT2D eigenvalue weighted by Gasteiger charge is 2.63. The van der Waals surface area contributed by atoms with Crippen LogP contribution >= 0.6 is 0 Å². The molecule has 0 bridgehead atoms. The number of halogens is 2. The summed E-state index contributed by atoms with van der Waals surface area (Å²) in [4.78, 5) is 0. The van der Waals surface area contributed by atoms with Crippen LogP contribution in [0.3, 0.4) is 0 Å². The molecule has 2 fully saturated rings. The van der Waals surface area contributed by atoms with E-state index < -0.39 is 36.1 Å². The highest BCUT2D eigenvalue weighted by molar-refractivity contribution is 5.27. The monoisotopic (exact) mass is 460 g/mol. The number of aliphatic hydroxyl groups is 2. The van der Waals surface area contributed by atoms with Gasteiger partial charge < -0.3 is 14.9 Å². The normalized spacial score (nSPS) is 29.3. The standard InChI is InChI=1S/C24H30F2N4O3/c1-14-6-5-7-16(12-14)15(2)18(31)11-10-17-19(32)13-20-23(17)24(25,26)21(33-20)8-3-4-9-22-27-29-30-28-22/h5-8,10-12,15,17-20,23,31-32H,3-4,9,13H2,1-2H3,(H,27,28,29,30)/b11-10+,21-8?/t15-,17+,18-,19-,20+,23-/m1/s1. The summed E-state index contributed by atoms with van der Waals surface area (Å²) in [6, 6.07) is 7.84. The Morgan fingerprint density at radius 2 is 2.18 bits per heavy atom. The Hall–Kier alpha value is -2.65. The number of aromatic nitrogens is 4. The van der Waals surface area contributed by atoms with Gasteiger partial charge in [0.05, 0.1) is 18.1 Å². The summed E-state index contributed by atoms with van der Waals surface area (Å²) in [5.74, 6) is -5.13. The van der Waals surface area contributed by atoms with Crippen LogP contribution < -0.4 is 0 Å². The number of tetrazole rings is 1. The Balaban J connectivity index is 1.41. The number of nitrogens with zero attached hydrogens (tertiary/aromatic N) is 3. The van der Waals surface area contributed by atoms with E-state index in [9.17, 15) is 10.2 Å². The molecule has 9 heteroatoms. The molecule has 1 saturated heterocycles. The van der Waals surface area contributed by atoms with Crippen LogP contribution in [0.4, 0.5) is 8.78 Å². The summed E-state index contributed by atoms with van der Waals surface area (Å²) in [6.45, 7) is 3.87. The van der Waals surface area contributed by atoms with Gasteiger partial charge in [-0.3, -0.25) is 0 Å². The van der Waals surface area contributed by atoms with Gasteiger partial charge in [0.1, 0.15) is 6.10 Å². The SMILES string of the molecule is Cc1cccc([C@@H](C)[C@H](O)/C=C/[C@@H]2[C@@H]3[C@H](C[C@H]2O)OC(=CCCCc2nn[nH]n2)C3(F)F)c1. The molecular formula is C24H30F2N4O3. The number of alkyl halides is 2. The van der Waals surface area contributed by atoms with Crippen LogP contribution in [-0.4, -0.2) is 55.1 Å². The topological polar surface area (TPSA) is 104 Å². The van der Waals surface area contributed by atoms with Gasteiger partial charge in [0.15, 0.2) is 11.6 Å². The van der Waals surface area contributed by atoms with Crippen LogP contribution in [0.2, 0.25) is 0 Å². The molecule has 6 atom stereocenters. The average molecular weight is 461 g/mol. The summed E-state index contributed by atoms with van der Waals surface area (Å²) in [5, 5.41) is 34.6. The van der Waals surface area contributed by atoms with Crippen LogP contribution in [0.1, 0.15) is 49.1 Å². The Morgan fingerprint density at radius 3 is 2.91 bits per heavy atom. The van der Waals surface area contributed by atoms with Gasteiger partial charge in [0.25, 0.3) is 0 Å². The molecule has 1 aromatic heterocycles. The number of hydrogen-bond acceptors (Lipinski definition) is 6. The summed E-state index contributed by atoms with van der Waals surface area (Å²) >= 11 is 0. The molecule has 2 heterocycles. The Bertz CT molecular complexity index is 995. The van der Waals surface area contributed by atoms with Gasteiger partial charge in [-0.15, -0.1) is 10.2 Å². The number of ether oxygens (including phenoxy) is 1. The number of aromatic amines is 1. The minimum absolute atomic E-state index is 0.138. The second-order valence-corrected chi connectivity index (χ2v) is 9.05. The number of H-pyrrole nitrogens is 1. The van der Waals surface area contributed by atoms with Crippen molar-refractivity contribution in [1.29, 1.82) is 0 Å². The van der Waals surface area contributed by atoms with Gasteiger partial charge >= 0.3 is 5.92 Å². The highest BCUT2D eigenvalue weighted by Crippen LogP contribution is 2.54. The van der Waals surface area contributed by atoms with E-state index >= 15 is 8.78 Å². The van der Waals surface area contributed by atoms with Gasteiger partial charge in [0, 0.05) is 24.7 Å². The van der Waals surface area contributed by atoms with E-state index in [0.717, 1.165) is 11.1 Å². The van der Waals surface area contributed by atoms with E-state index in [1.54, 1.807) is 6.08 Å². The predicted molar refractivity (Wildman–Crippen MR) is 117 cm³/mol. The third-order valence-electron chi connectivity index (χ3n) is 6.69. The molecule has 178 valence electrons. The second kappa shape index (κ2) is 9.69. The first-order valence-electron chi connectivity index (χ1n) is 11.4.